The highest BCUT2D eigenvalue weighted by Crippen LogP contribution is 2.34. The molecule has 1 N–H and O–H groups in total. The molecule has 0 unspecified atom stereocenters. The van der Waals surface area contributed by atoms with E-state index in [0.717, 1.165) is 41.8 Å². The van der Waals surface area contributed by atoms with Crippen molar-refractivity contribution in [2.75, 3.05) is 19.9 Å². The van der Waals surface area contributed by atoms with E-state index < -0.39 is 0 Å². The monoisotopic (exact) mass is 267 g/mol. The van der Waals surface area contributed by atoms with E-state index in [2.05, 4.69) is 5.32 Å². The Morgan fingerprint density at radius 2 is 2.11 bits per heavy atom. The minimum absolute atomic E-state index is 0.349. The predicted octanol–water partition coefficient (Wildman–Crippen LogP) is 2.75. The van der Waals surface area contributed by atoms with Gasteiger partial charge in [-0.3, -0.25) is 0 Å². The summed E-state index contributed by atoms with van der Waals surface area (Å²) in [5.74, 6) is 1.66. The predicted molar refractivity (Wildman–Crippen MR) is 71.0 cm³/mol. The van der Waals surface area contributed by atoms with Crippen LogP contribution >= 0.6 is 11.6 Å². The molecule has 1 fully saturated rings. The molecule has 0 spiro atoms. The Morgan fingerprint density at radius 1 is 1.28 bits per heavy atom. The van der Waals surface area contributed by atoms with Crippen LogP contribution in [0, 0.1) is 5.92 Å². The maximum Gasteiger partial charge on any atom is 0.189 e. The van der Waals surface area contributed by atoms with Crippen molar-refractivity contribution in [1.29, 1.82) is 0 Å². The van der Waals surface area contributed by atoms with Gasteiger partial charge in [-0.25, -0.2) is 0 Å². The fourth-order valence-corrected chi connectivity index (χ4v) is 3.03. The maximum absolute atomic E-state index is 6.35. The number of piperidine rings is 1. The highest BCUT2D eigenvalue weighted by atomic mass is 35.5. The third kappa shape index (κ3) is 2.48. The number of benzene rings is 1. The van der Waals surface area contributed by atoms with Crippen molar-refractivity contribution in [1.82, 2.24) is 5.32 Å². The zero-order valence-electron chi connectivity index (χ0n) is 10.4. The smallest absolute Gasteiger partial charge is 0.189 e. The average molecular weight is 268 g/mol. The second kappa shape index (κ2) is 5.47. The second-order valence-corrected chi connectivity index (χ2v) is 5.42. The summed E-state index contributed by atoms with van der Waals surface area (Å²) in [4.78, 5) is 0. The molecule has 1 aromatic rings. The van der Waals surface area contributed by atoms with Crippen LogP contribution in [0.5, 0.6) is 5.75 Å². The highest BCUT2D eigenvalue weighted by molar-refractivity contribution is 6.31. The van der Waals surface area contributed by atoms with Gasteiger partial charge in [0.25, 0.3) is 0 Å². The Bertz CT molecular complexity index is 430. The molecule has 2 heterocycles. The molecule has 18 heavy (non-hydrogen) atoms. The summed E-state index contributed by atoms with van der Waals surface area (Å²) < 4.78 is 10.9. The van der Waals surface area contributed by atoms with E-state index in [1.165, 1.54) is 18.4 Å². The molecule has 3 rings (SSSR count). The van der Waals surface area contributed by atoms with E-state index in [1.54, 1.807) is 0 Å². The van der Waals surface area contributed by atoms with E-state index >= 15 is 0 Å². The first-order valence-corrected chi connectivity index (χ1v) is 6.94. The lowest BCUT2D eigenvalue weighted by molar-refractivity contribution is -0.0169. The van der Waals surface area contributed by atoms with Gasteiger partial charge in [-0.2, -0.15) is 0 Å². The molecule has 0 amide bonds. The highest BCUT2D eigenvalue weighted by Gasteiger charge is 2.21. The fourth-order valence-electron chi connectivity index (χ4n) is 2.78. The fraction of sp³-hybridized carbons (Fsp3) is 0.571. The van der Waals surface area contributed by atoms with Gasteiger partial charge in [0.05, 0.1) is 6.61 Å². The summed E-state index contributed by atoms with van der Waals surface area (Å²) in [5.41, 5.74) is 2.37. The molecule has 0 aliphatic carbocycles. The van der Waals surface area contributed by atoms with Gasteiger partial charge >= 0.3 is 0 Å². The molecule has 3 nitrogen and oxygen atoms in total. The summed E-state index contributed by atoms with van der Waals surface area (Å²) in [5, 5.41) is 4.24. The lowest BCUT2D eigenvalue weighted by atomic mass is 9.89. The van der Waals surface area contributed by atoms with Gasteiger partial charge < -0.3 is 14.8 Å². The van der Waals surface area contributed by atoms with Crippen LogP contribution in [0.15, 0.2) is 12.1 Å². The van der Waals surface area contributed by atoms with E-state index in [-0.39, 0.29) is 0 Å². The average Bonchev–Trinajstić information content (AvgIpc) is 2.43. The lowest BCUT2D eigenvalue weighted by Gasteiger charge is -2.26. The summed E-state index contributed by atoms with van der Waals surface area (Å²) in [6.45, 7) is 3.20. The molecular formula is C14H18ClNO2. The van der Waals surface area contributed by atoms with Crippen molar-refractivity contribution in [3.63, 3.8) is 0 Å². The Labute approximate surface area is 112 Å². The molecule has 0 saturated carbocycles. The first-order chi connectivity index (χ1) is 8.84. The standard InChI is InChI=1S/C14H18ClNO2/c15-13-1-2-14-12(8-17-9-18-14)11(13)7-10-3-5-16-6-4-10/h1-2,10,16H,3-9H2. The largest absolute Gasteiger partial charge is 0.467 e. The van der Waals surface area contributed by atoms with Gasteiger partial charge in [-0.05, 0) is 56.0 Å². The molecule has 2 aliphatic heterocycles. The minimum Gasteiger partial charge on any atom is -0.467 e. The molecule has 0 aromatic heterocycles. The quantitative estimate of drug-likeness (QED) is 0.894. The topological polar surface area (TPSA) is 30.5 Å². The molecule has 1 aromatic carbocycles. The number of nitrogens with one attached hydrogen (secondary N) is 1. The van der Waals surface area contributed by atoms with E-state index in [9.17, 15) is 0 Å². The summed E-state index contributed by atoms with van der Waals surface area (Å²) in [7, 11) is 0. The minimum atomic E-state index is 0.349. The van der Waals surface area contributed by atoms with Gasteiger partial charge in [0.2, 0.25) is 0 Å². The van der Waals surface area contributed by atoms with Crippen molar-refractivity contribution in [3.8, 4) is 5.75 Å². The Hall–Kier alpha value is -0.770. The van der Waals surface area contributed by atoms with Crippen molar-refractivity contribution in [2.45, 2.75) is 25.9 Å². The third-order valence-corrected chi connectivity index (χ3v) is 4.18. The Kier molecular flexibility index (Phi) is 3.73. The number of rotatable bonds is 2. The molecule has 0 radical (unpaired) electrons. The maximum atomic E-state index is 6.35. The van der Waals surface area contributed by atoms with Crippen molar-refractivity contribution in [3.05, 3.63) is 28.3 Å². The van der Waals surface area contributed by atoms with Gasteiger partial charge in [0.15, 0.2) is 6.79 Å². The summed E-state index contributed by atoms with van der Waals surface area (Å²) >= 11 is 6.35. The van der Waals surface area contributed by atoms with Crippen LogP contribution in [0.3, 0.4) is 0 Å². The van der Waals surface area contributed by atoms with E-state index in [0.29, 0.717) is 13.4 Å². The summed E-state index contributed by atoms with van der Waals surface area (Å²) in [6.07, 6.45) is 3.49. The van der Waals surface area contributed by atoms with Crippen LogP contribution < -0.4 is 10.1 Å². The second-order valence-electron chi connectivity index (χ2n) is 5.01. The normalized spacial score (nSPS) is 20.3. The van der Waals surface area contributed by atoms with Crippen molar-refractivity contribution >= 4 is 11.6 Å². The van der Waals surface area contributed by atoms with Crippen LogP contribution in [0.1, 0.15) is 24.0 Å². The van der Waals surface area contributed by atoms with Gasteiger partial charge in [-0.1, -0.05) is 11.6 Å². The van der Waals surface area contributed by atoms with Crippen LogP contribution in [0.25, 0.3) is 0 Å². The third-order valence-electron chi connectivity index (χ3n) is 3.83. The van der Waals surface area contributed by atoms with Gasteiger partial charge in [-0.15, -0.1) is 0 Å². The van der Waals surface area contributed by atoms with Crippen LogP contribution in [-0.4, -0.2) is 19.9 Å². The first-order valence-electron chi connectivity index (χ1n) is 6.56. The zero-order valence-corrected chi connectivity index (χ0v) is 11.1. The molecule has 1 saturated heterocycles. The van der Waals surface area contributed by atoms with E-state index in [4.69, 9.17) is 21.1 Å². The zero-order chi connectivity index (χ0) is 12.4. The van der Waals surface area contributed by atoms with Crippen LogP contribution in [0.4, 0.5) is 0 Å². The number of hydrogen-bond acceptors (Lipinski definition) is 3. The van der Waals surface area contributed by atoms with Crippen LogP contribution in [0.2, 0.25) is 5.02 Å². The molecule has 2 aliphatic rings. The Morgan fingerprint density at radius 3 is 2.94 bits per heavy atom. The summed E-state index contributed by atoms with van der Waals surface area (Å²) in [6, 6.07) is 3.90. The van der Waals surface area contributed by atoms with Crippen LogP contribution in [-0.2, 0) is 17.8 Å². The molecule has 0 atom stereocenters. The van der Waals surface area contributed by atoms with Gasteiger partial charge in [0.1, 0.15) is 5.75 Å². The van der Waals surface area contributed by atoms with E-state index in [1.807, 2.05) is 12.1 Å². The number of halogens is 1. The molecule has 4 heteroatoms. The SMILES string of the molecule is Clc1ccc2c(c1CC1CCNCC1)COCO2. The number of fused-ring (bicyclic) bond motifs is 1. The first kappa shape index (κ1) is 12.3. The molecular weight excluding hydrogens is 250 g/mol. The number of ether oxygens (including phenoxy) is 2. The molecule has 98 valence electrons. The Balaban J connectivity index is 1.85. The lowest BCUT2D eigenvalue weighted by Crippen LogP contribution is -2.29. The van der Waals surface area contributed by atoms with Crippen molar-refractivity contribution < 1.29 is 9.47 Å². The molecule has 0 bridgehead atoms. The number of hydrogen-bond donors (Lipinski definition) is 1. The van der Waals surface area contributed by atoms with Crippen molar-refractivity contribution in [2.24, 2.45) is 5.92 Å². The van der Waals surface area contributed by atoms with Gasteiger partial charge in [0, 0.05) is 10.6 Å².